The summed E-state index contributed by atoms with van der Waals surface area (Å²) < 4.78 is 0. The van der Waals surface area contributed by atoms with E-state index in [1.807, 2.05) is 0 Å². The largest absolute Gasteiger partial charge is 0.293 e. The van der Waals surface area contributed by atoms with E-state index in [4.69, 9.17) is 0 Å². The van der Waals surface area contributed by atoms with Crippen LogP contribution in [-0.2, 0) is 4.80 Å². The summed E-state index contributed by atoms with van der Waals surface area (Å²) in [6.07, 6.45) is 0. The topological polar surface area (TPSA) is 19.9 Å². The molecule has 0 amide bonds. The molecular formula is C4H9OSi. The predicted octanol–water partition coefficient (Wildman–Crippen LogP) is 1.35. The van der Waals surface area contributed by atoms with Gasteiger partial charge in [0.15, 0.2) is 0 Å². The van der Waals surface area contributed by atoms with Crippen LogP contribution in [-0.4, -0.2) is 8.32 Å². The summed E-state index contributed by atoms with van der Waals surface area (Å²) in [4.78, 5) is 10.5. The lowest BCUT2D eigenvalue weighted by atomic mass is 11.3. The van der Waals surface area contributed by atoms with Crippen LogP contribution in [0.1, 0.15) is 0 Å². The Bertz CT molecular complexity index is 53.1. The minimum Gasteiger partial charge on any atom is -0.293 e. The Morgan fingerprint density at radius 2 is 1.83 bits per heavy atom. The van der Waals surface area contributed by atoms with Crippen molar-refractivity contribution in [2.75, 3.05) is 0 Å². The van der Waals surface area contributed by atoms with Gasteiger partial charge in [0.25, 0.3) is 8.32 Å². The lowest BCUT2D eigenvalue weighted by molar-refractivity contribution is 0.442. The quantitative estimate of drug-likeness (QED) is 0.444. The summed E-state index contributed by atoms with van der Waals surface area (Å²) in [5.41, 5.74) is 1.52. The lowest BCUT2D eigenvalue weighted by Gasteiger charge is -1.98. The number of hydrogen-bond donors (Lipinski definition) is 0. The maximum atomic E-state index is 10.5. The molecule has 0 aliphatic rings. The Labute approximate surface area is 39.4 Å². The first-order valence-electron chi connectivity index (χ1n) is 1.90. The monoisotopic (exact) mass is 101 g/mol. The first kappa shape index (κ1) is 5.92. The van der Waals surface area contributed by atoms with Gasteiger partial charge in [-0.15, -0.1) is 6.58 Å². The normalized spacial score (nSPS) is 11.2. The molecule has 0 aromatic rings. The summed E-state index contributed by atoms with van der Waals surface area (Å²) in [6, 6.07) is 0. The molecule has 0 saturated carbocycles. The van der Waals surface area contributed by atoms with Crippen molar-refractivity contribution in [1.29, 1.82) is 0 Å². The fourth-order valence-electron chi connectivity index (χ4n) is 0. The smallest absolute Gasteiger partial charge is 0.254 e. The SMILES string of the molecule is C=C[Si](C)(C)[O]. The maximum absolute atomic E-state index is 10.5. The van der Waals surface area contributed by atoms with Gasteiger partial charge in [-0.2, -0.15) is 0 Å². The highest BCUT2D eigenvalue weighted by molar-refractivity contribution is 6.74. The van der Waals surface area contributed by atoms with Crippen LogP contribution < -0.4 is 0 Å². The van der Waals surface area contributed by atoms with Crippen molar-refractivity contribution in [3.8, 4) is 0 Å². The van der Waals surface area contributed by atoms with E-state index in [0.717, 1.165) is 0 Å². The standard InChI is InChI=1S/C4H9OSi/c1-4-6(2,3)5/h4H,1H2,2-3H3. The van der Waals surface area contributed by atoms with E-state index in [9.17, 15) is 4.80 Å². The molecule has 0 aliphatic carbocycles. The van der Waals surface area contributed by atoms with Gasteiger partial charge in [-0.05, 0) is 13.1 Å². The molecule has 35 valence electrons. The van der Waals surface area contributed by atoms with E-state index in [0.29, 0.717) is 0 Å². The zero-order valence-electron chi connectivity index (χ0n) is 4.19. The Hall–Kier alpha value is -0.0831. The van der Waals surface area contributed by atoms with E-state index in [-0.39, 0.29) is 0 Å². The third kappa shape index (κ3) is 3.92. The first-order chi connectivity index (χ1) is 2.56. The summed E-state index contributed by atoms with van der Waals surface area (Å²) in [6.45, 7) is 6.80. The molecule has 0 bridgehead atoms. The molecular weight excluding hydrogens is 92.1 g/mol. The van der Waals surface area contributed by atoms with Gasteiger partial charge < -0.3 is 0 Å². The maximum Gasteiger partial charge on any atom is 0.254 e. The molecule has 0 aliphatic heterocycles. The molecule has 0 fully saturated rings. The highest BCUT2D eigenvalue weighted by Gasteiger charge is 2.11. The molecule has 0 spiro atoms. The van der Waals surface area contributed by atoms with Crippen molar-refractivity contribution < 1.29 is 4.80 Å². The van der Waals surface area contributed by atoms with Crippen molar-refractivity contribution in [1.82, 2.24) is 0 Å². The molecule has 1 nitrogen and oxygen atoms in total. The van der Waals surface area contributed by atoms with Crippen molar-refractivity contribution in [3.05, 3.63) is 12.3 Å². The molecule has 1 radical (unpaired) electrons. The van der Waals surface area contributed by atoms with E-state index < -0.39 is 8.32 Å². The summed E-state index contributed by atoms with van der Waals surface area (Å²) in [5.74, 6) is 0. The summed E-state index contributed by atoms with van der Waals surface area (Å²) in [5, 5.41) is 0. The van der Waals surface area contributed by atoms with Gasteiger partial charge in [-0.3, -0.25) is 4.80 Å². The second-order valence-electron chi connectivity index (χ2n) is 1.81. The van der Waals surface area contributed by atoms with Crippen molar-refractivity contribution in [2.45, 2.75) is 13.1 Å². The minimum atomic E-state index is -2.12. The van der Waals surface area contributed by atoms with E-state index >= 15 is 0 Å². The third-order valence-electron chi connectivity index (χ3n) is 0.492. The molecule has 2 heteroatoms. The molecule has 0 heterocycles. The second-order valence-corrected chi connectivity index (χ2v) is 5.42. The van der Waals surface area contributed by atoms with Gasteiger partial charge in [-0.25, -0.2) is 0 Å². The molecule has 0 unspecified atom stereocenters. The van der Waals surface area contributed by atoms with Gasteiger partial charge in [0, 0.05) is 0 Å². The second kappa shape index (κ2) is 1.58. The average molecular weight is 101 g/mol. The van der Waals surface area contributed by atoms with E-state index in [1.165, 1.54) is 5.70 Å². The van der Waals surface area contributed by atoms with Crippen LogP contribution in [0.4, 0.5) is 0 Å². The fraction of sp³-hybridized carbons (Fsp3) is 0.500. The molecule has 0 N–H and O–H groups in total. The van der Waals surface area contributed by atoms with E-state index in [2.05, 4.69) is 6.58 Å². The number of rotatable bonds is 1. The molecule has 0 aromatic heterocycles. The van der Waals surface area contributed by atoms with Gasteiger partial charge in [-0.1, -0.05) is 5.70 Å². The molecule has 0 rings (SSSR count). The molecule has 0 atom stereocenters. The average Bonchev–Trinajstić information content (AvgIpc) is 1.35. The molecule has 6 heavy (non-hydrogen) atoms. The van der Waals surface area contributed by atoms with Crippen LogP contribution in [0.3, 0.4) is 0 Å². The zero-order chi connectivity index (χ0) is 5.21. The number of hydrogen-bond acceptors (Lipinski definition) is 0. The molecule has 0 aromatic carbocycles. The summed E-state index contributed by atoms with van der Waals surface area (Å²) >= 11 is 0. The molecule has 0 saturated heterocycles. The Balaban J connectivity index is 3.45. The van der Waals surface area contributed by atoms with Crippen molar-refractivity contribution in [2.24, 2.45) is 0 Å². The van der Waals surface area contributed by atoms with Crippen LogP contribution >= 0.6 is 0 Å². The minimum absolute atomic E-state index is 1.52. The Morgan fingerprint density at radius 3 is 1.83 bits per heavy atom. The lowest BCUT2D eigenvalue weighted by Crippen LogP contribution is -2.17. The van der Waals surface area contributed by atoms with Crippen LogP contribution in [0.15, 0.2) is 12.3 Å². The predicted molar refractivity (Wildman–Crippen MR) is 28.4 cm³/mol. The van der Waals surface area contributed by atoms with Crippen molar-refractivity contribution >= 4 is 8.32 Å². The zero-order valence-corrected chi connectivity index (χ0v) is 5.19. The highest BCUT2D eigenvalue weighted by Crippen LogP contribution is 1.94. The van der Waals surface area contributed by atoms with Gasteiger partial charge in [0.05, 0.1) is 0 Å². The Kier molecular flexibility index (Phi) is 1.55. The van der Waals surface area contributed by atoms with Gasteiger partial charge >= 0.3 is 0 Å². The van der Waals surface area contributed by atoms with Gasteiger partial charge in [0.2, 0.25) is 0 Å². The van der Waals surface area contributed by atoms with Crippen molar-refractivity contribution in [3.63, 3.8) is 0 Å². The first-order valence-corrected chi connectivity index (χ1v) is 4.89. The van der Waals surface area contributed by atoms with Crippen LogP contribution in [0.25, 0.3) is 0 Å². The third-order valence-corrected chi connectivity index (χ3v) is 1.47. The highest BCUT2D eigenvalue weighted by atomic mass is 28.4. The van der Waals surface area contributed by atoms with Crippen LogP contribution in [0, 0.1) is 0 Å². The fourth-order valence-corrected chi connectivity index (χ4v) is 0. The Morgan fingerprint density at radius 1 is 1.67 bits per heavy atom. The van der Waals surface area contributed by atoms with Crippen LogP contribution in [0.2, 0.25) is 13.1 Å². The van der Waals surface area contributed by atoms with Gasteiger partial charge in [0.1, 0.15) is 0 Å². The summed E-state index contributed by atoms with van der Waals surface area (Å²) in [7, 11) is -2.12. The van der Waals surface area contributed by atoms with E-state index in [1.54, 1.807) is 13.1 Å². The van der Waals surface area contributed by atoms with Crippen LogP contribution in [0.5, 0.6) is 0 Å².